The fourth-order valence-electron chi connectivity index (χ4n) is 2.36. The quantitative estimate of drug-likeness (QED) is 0.839. The molecule has 0 bridgehead atoms. The second kappa shape index (κ2) is 7.28. The van der Waals surface area contributed by atoms with Crippen molar-refractivity contribution in [3.8, 4) is 5.75 Å². The second-order valence-corrected chi connectivity index (χ2v) is 5.56. The molecule has 0 spiro atoms. The molecule has 2 rings (SSSR count). The Morgan fingerprint density at radius 3 is 2.57 bits per heavy atom. The lowest BCUT2D eigenvalue weighted by molar-refractivity contribution is 0.305. The zero-order valence-corrected chi connectivity index (χ0v) is 13.4. The summed E-state index contributed by atoms with van der Waals surface area (Å²) in [6.07, 6.45) is 0. The minimum atomic E-state index is 0.347. The first-order valence-corrected chi connectivity index (χ1v) is 7.62. The molecular weight excluding hydrogens is 258 g/mol. The highest BCUT2D eigenvalue weighted by atomic mass is 16.5. The van der Waals surface area contributed by atoms with Crippen molar-refractivity contribution in [2.24, 2.45) is 0 Å². The Balaban J connectivity index is 2.02. The van der Waals surface area contributed by atoms with E-state index in [1.807, 2.05) is 6.07 Å². The summed E-state index contributed by atoms with van der Waals surface area (Å²) in [4.78, 5) is 0. The van der Waals surface area contributed by atoms with Crippen molar-refractivity contribution in [1.29, 1.82) is 0 Å². The first-order valence-electron chi connectivity index (χ1n) is 7.62. The van der Waals surface area contributed by atoms with Crippen molar-refractivity contribution >= 4 is 0 Å². The Labute approximate surface area is 128 Å². The van der Waals surface area contributed by atoms with Gasteiger partial charge in [0, 0.05) is 6.04 Å². The normalized spacial score (nSPS) is 12.2. The first-order chi connectivity index (χ1) is 10.1. The van der Waals surface area contributed by atoms with Crippen LogP contribution in [0.4, 0.5) is 0 Å². The Hall–Kier alpha value is -1.80. The summed E-state index contributed by atoms with van der Waals surface area (Å²) in [5.41, 5.74) is 5.10. The first kappa shape index (κ1) is 15.6. The van der Waals surface area contributed by atoms with E-state index in [1.165, 1.54) is 22.3 Å². The summed E-state index contributed by atoms with van der Waals surface area (Å²) >= 11 is 0. The van der Waals surface area contributed by atoms with Crippen LogP contribution in [0.1, 0.15) is 42.1 Å². The second-order valence-electron chi connectivity index (χ2n) is 5.56. The summed E-state index contributed by atoms with van der Waals surface area (Å²) in [5, 5.41) is 3.42. The zero-order chi connectivity index (χ0) is 15.2. The van der Waals surface area contributed by atoms with Gasteiger partial charge in [-0.05, 0) is 61.7 Å². The molecule has 1 N–H and O–H groups in total. The molecule has 1 unspecified atom stereocenters. The topological polar surface area (TPSA) is 21.3 Å². The van der Waals surface area contributed by atoms with Crippen LogP contribution in [0.3, 0.4) is 0 Å². The minimum absolute atomic E-state index is 0.347. The van der Waals surface area contributed by atoms with Gasteiger partial charge in [-0.3, -0.25) is 0 Å². The molecule has 21 heavy (non-hydrogen) atoms. The molecule has 0 radical (unpaired) electrons. The van der Waals surface area contributed by atoms with Gasteiger partial charge in [0.2, 0.25) is 0 Å². The standard InChI is InChI=1S/C19H25NO/c1-5-20-16(4)18-7-6-8-19(12-18)21-13-17-10-9-14(2)15(3)11-17/h6-12,16,20H,5,13H2,1-4H3. The lowest BCUT2D eigenvalue weighted by Crippen LogP contribution is -2.17. The Bertz CT molecular complexity index is 592. The maximum Gasteiger partial charge on any atom is 0.120 e. The Morgan fingerprint density at radius 2 is 1.86 bits per heavy atom. The fourth-order valence-corrected chi connectivity index (χ4v) is 2.36. The molecule has 2 aromatic carbocycles. The number of aryl methyl sites for hydroxylation is 2. The highest BCUT2D eigenvalue weighted by Gasteiger charge is 2.05. The number of rotatable bonds is 6. The molecule has 0 saturated carbocycles. The van der Waals surface area contributed by atoms with E-state index in [9.17, 15) is 0 Å². The number of nitrogens with one attached hydrogen (secondary N) is 1. The van der Waals surface area contributed by atoms with Crippen LogP contribution < -0.4 is 10.1 Å². The van der Waals surface area contributed by atoms with Gasteiger partial charge in [-0.15, -0.1) is 0 Å². The van der Waals surface area contributed by atoms with E-state index in [4.69, 9.17) is 4.74 Å². The molecule has 0 aromatic heterocycles. The molecule has 112 valence electrons. The predicted octanol–water partition coefficient (Wildman–Crippen LogP) is 4.55. The highest BCUT2D eigenvalue weighted by molar-refractivity contribution is 5.32. The minimum Gasteiger partial charge on any atom is -0.489 e. The third-order valence-electron chi connectivity index (χ3n) is 3.85. The van der Waals surface area contributed by atoms with Gasteiger partial charge >= 0.3 is 0 Å². The van der Waals surface area contributed by atoms with Crippen LogP contribution in [0, 0.1) is 13.8 Å². The molecule has 0 aliphatic rings. The average Bonchev–Trinajstić information content (AvgIpc) is 2.49. The van der Waals surface area contributed by atoms with Crippen molar-refractivity contribution < 1.29 is 4.74 Å². The number of hydrogen-bond donors (Lipinski definition) is 1. The molecule has 0 saturated heterocycles. The van der Waals surface area contributed by atoms with Gasteiger partial charge in [0.1, 0.15) is 12.4 Å². The summed E-state index contributed by atoms with van der Waals surface area (Å²) in [5.74, 6) is 0.926. The lowest BCUT2D eigenvalue weighted by Gasteiger charge is -2.14. The van der Waals surface area contributed by atoms with Crippen LogP contribution in [-0.4, -0.2) is 6.54 Å². The van der Waals surface area contributed by atoms with E-state index < -0.39 is 0 Å². The molecule has 0 aliphatic carbocycles. The largest absolute Gasteiger partial charge is 0.489 e. The molecule has 0 amide bonds. The third-order valence-corrected chi connectivity index (χ3v) is 3.85. The Kier molecular flexibility index (Phi) is 5.40. The van der Waals surface area contributed by atoms with Gasteiger partial charge in [0.05, 0.1) is 0 Å². The summed E-state index contributed by atoms with van der Waals surface area (Å²) in [6, 6.07) is 15.2. The van der Waals surface area contributed by atoms with E-state index >= 15 is 0 Å². The maximum atomic E-state index is 5.93. The summed E-state index contributed by atoms with van der Waals surface area (Å²) in [6.45, 7) is 10.1. The molecule has 0 fully saturated rings. The van der Waals surface area contributed by atoms with E-state index in [1.54, 1.807) is 0 Å². The van der Waals surface area contributed by atoms with Gasteiger partial charge in [0.25, 0.3) is 0 Å². The van der Waals surface area contributed by atoms with Gasteiger partial charge in [-0.1, -0.05) is 37.3 Å². The predicted molar refractivity (Wildman–Crippen MR) is 88.8 cm³/mol. The monoisotopic (exact) mass is 283 g/mol. The number of ether oxygens (including phenoxy) is 1. The van der Waals surface area contributed by atoms with Crippen LogP contribution in [0.5, 0.6) is 5.75 Å². The maximum absolute atomic E-state index is 5.93. The van der Waals surface area contributed by atoms with Crippen LogP contribution in [0.15, 0.2) is 42.5 Å². The number of benzene rings is 2. The van der Waals surface area contributed by atoms with Gasteiger partial charge < -0.3 is 10.1 Å². The van der Waals surface area contributed by atoms with Gasteiger partial charge in [0.15, 0.2) is 0 Å². The molecule has 1 atom stereocenters. The van der Waals surface area contributed by atoms with E-state index in [0.717, 1.165) is 12.3 Å². The van der Waals surface area contributed by atoms with E-state index in [0.29, 0.717) is 12.6 Å². The van der Waals surface area contributed by atoms with E-state index in [-0.39, 0.29) is 0 Å². The molecule has 2 nitrogen and oxygen atoms in total. The molecular formula is C19H25NO. The zero-order valence-electron chi connectivity index (χ0n) is 13.4. The smallest absolute Gasteiger partial charge is 0.120 e. The van der Waals surface area contributed by atoms with Crippen molar-refractivity contribution in [2.45, 2.75) is 40.3 Å². The highest BCUT2D eigenvalue weighted by Crippen LogP contribution is 2.20. The van der Waals surface area contributed by atoms with Crippen LogP contribution >= 0.6 is 0 Å². The SMILES string of the molecule is CCNC(C)c1cccc(OCc2ccc(C)c(C)c2)c1. The van der Waals surface area contributed by atoms with E-state index in [2.05, 4.69) is 69.4 Å². The Morgan fingerprint density at radius 1 is 1.05 bits per heavy atom. The number of hydrogen-bond acceptors (Lipinski definition) is 2. The van der Waals surface area contributed by atoms with Crippen LogP contribution in [-0.2, 0) is 6.61 Å². The van der Waals surface area contributed by atoms with Crippen molar-refractivity contribution in [1.82, 2.24) is 5.32 Å². The molecule has 2 heteroatoms. The van der Waals surface area contributed by atoms with Crippen LogP contribution in [0.2, 0.25) is 0 Å². The molecule has 0 heterocycles. The van der Waals surface area contributed by atoms with Crippen molar-refractivity contribution in [2.75, 3.05) is 6.54 Å². The molecule has 0 aliphatic heterocycles. The summed E-state index contributed by atoms with van der Waals surface area (Å²) < 4.78 is 5.93. The molecule has 2 aromatic rings. The third kappa shape index (κ3) is 4.33. The van der Waals surface area contributed by atoms with Gasteiger partial charge in [-0.2, -0.15) is 0 Å². The summed E-state index contributed by atoms with van der Waals surface area (Å²) in [7, 11) is 0. The van der Waals surface area contributed by atoms with Gasteiger partial charge in [-0.25, -0.2) is 0 Å². The van der Waals surface area contributed by atoms with Crippen molar-refractivity contribution in [3.63, 3.8) is 0 Å². The van der Waals surface area contributed by atoms with Crippen LogP contribution in [0.25, 0.3) is 0 Å². The lowest BCUT2D eigenvalue weighted by atomic mass is 10.1. The fraction of sp³-hybridized carbons (Fsp3) is 0.368. The van der Waals surface area contributed by atoms with Crippen molar-refractivity contribution in [3.05, 3.63) is 64.7 Å². The average molecular weight is 283 g/mol.